The molecule has 0 amide bonds. The summed E-state index contributed by atoms with van der Waals surface area (Å²) >= 11 is 0. The van der Waals surface area contributed by atoms with E-state index in [4.69, 9.17) is 0 Å². The summed E-state index contributed by atoms with van der Waals surface area (Å²) in [6.07, 6.45) is 11.2. The van der Waals surface area contributed by atoms with Gasteiger partial charge in [-0.3, -0.25) is 0 Å². The zero-order valence-electron chi connectivity index (χ0n) is 25.9. The predicted octanol–water partition coefficient (Wildman–Crippen LogP) is 11.7. The third-order valence-corrected chi connectivity index (χ3v) is 8.51. The molecule has 4 aromatic carbocycles. The van der Waals surface area contributed by atoms with Gasteiger partial charge in [-0.05, 0) is 158 Å². The molecule has 4 rings (SSSR count). The molecule has 0 aromatic heterocycles. The van der Waals surface area contributed by atoms with Crippen LogP contribution in [-0.2, 0) is 12.8 Å². The Balaban J connectivity index is 1.16. The second-order valence-corrected chi connectivity index (χ2v) is 12.1. The summed E-state index contributed by atoms with van der Waals surface area (Å²) < 4.78 is 27.5. The quantitative estimate of drug-likeness (QED) is 0.153. The van der Waals surface area contributed by atoms with Gasteiger partial charge in [0.25, 0.3) is 0 Å². The Morgan fingerprint density at radius 3 is 1.02 bits per heavy atom. The minimum Gasteiger partial charge on any atom is -0.207 e. The van der Waals surface area contributed by atoms with Crippen molar-refractivity contribution in [3.63, 3.8) is 0 Å². The normalized spacial score (nSPS) is 11.3. The first-order valence-corrected chi connectivity index (χ1v) is 15.4. The highest BCUT2D eigenvalue weighted by Gasteiger charge is 2.11. The van der Waals surface area contributed by atoms with Gasteiger partial charge < -0.3 is 0 Å². The van der Waals surface area contributed by atoms with Crippen LogP contribution in [0.2, 0.25) is 0 Å². The first-order chi connectivity index (χ1) is 19.6. The van der Waals surface area contributed by atoms with Gasteiger partial charge in [0.1, 0.15) is 11.6 Å². The Labute approximate surface area is 246 Å². The van der Waals surface area contributed by atoms with E-state index < -0.39 is 0 Å². The molecular weight excluding hydrogens is 506 g/mol. The van der Waals surface area contributed by atoms with Gasteiger partial charge in [0.15, 0.2) is 0 Å². The summed E-state index contributed by atoms with van der Waals surface area (Å²) in [5.74, 6) is -0.287. The molecule has 0 aliphatic rings. The lowest BCUT2D eigenvalue weighted by Crippen LogP contribution is -1.95. The minimum absolute atomic E-state index is 0.143. The third-order valence-electron chi connectivity index (χ3n) is 8.51. The van der Waals surface area contributed by atoms with E-state index in [9.17, 15) is 8.78 Å². The van der Waals surface area contributed by atoms with Crippen LogP contribution in [0.1, 0.15) is 89.5 Å². The Bertz CT molecular complexity index is 1330. The van der Waals surface area contributed by atoms with Crippen LogP contribution in [0.25, 0.3) is 22.3 Å². The van der Waals surface area contributed by atoms with Crippen LogP contribution in [0, 0.1) is 53.2 Å². The summed E-state index contributed by atoms with van der Waals surface area (Å²) in [7, 11) is 0. The molecule has 0 saturated heterocycles. The molecule has 0 spiro atoms. The van der Waals surface area contributed by atoms with Crippen molar-refractivity contribution in [1.82, 2.24) is 0 Å². The summed E-state index contributed by atoms with van der Waals surface area (Å²) in [5, 5.41) is 0. The summed E-state index contributed by atoms with van der Waals surface area (Å²) in [6.45, 7) is 12.4. The maximum absolute atomic E-state index is 13.7. The van der Waals surface area contributed by atoms with Crippen LogP contribution < -0.4 is 0 Å². The third kappa shape index (κ3) is 7.94. The number of hydrogen-bond acceptors (Lipinski definition) is 0. The lowest BCUT2D eigenvalue weighted by molar-refractivity contribution is 0.579. The van der Waals surface area contributed by atoms with Gasteiger partial charge in [-0.15, -0.1) is 0 Å². The van der Waals surface area contributed by atoms with E-state index >= 15 is 0 Å². The van der Waals surface area contributed by atoms with Gasteiger partial charge in [0.05, 0.1) is 0 Å². The number of benzene rings is 4. The smallest absolute Gasteiger partial charge is 0.126 e. The number of rotatable bonds is 12. The van der Waals surface area contributed by atoms with Crippen molar-refractivity contribution in [1.29, 1.82) is 0 Å². The van der Waals surface area contributed by atoms with E-state index in [1.54, 1.807) is 12.1 Å². The molecule has 2 heteroatoms. The van der Waals surface area contributed by atoms with Gasteiger partial charge >= 0.3 is 0 Å². The highest BCUT2D eigenvalue weighted by molar-refractivity contribution is 5.73. The Morgan fingerprint density at radius 2 is 0.707 bits per heavy atom. The van der Waals surface area contributed by atoms with E-state index in [0.717, 1.165) is 24.0 Å². The molecule has 4 aromatic rings. The van der Waals surface area contributed by atoms with Crippen molar-refractivity contribution in [2.75, 3.05) is 0 Å². The summed E-state index contributed by atoms with van der Waals surface area (Å²) in [4.78, 5) is 0. The average Bonchev–Trinajstić information content (AvgIpc) is 2.91. The Kier molecular flexibility index (Phi) is 10.5. The predicted molar refractivity (Wildman–Crippen MR) is 172 cm³/mol. The molecule has 0 heterocycles. The summed E-state index contributed by atoms with van der Waals surface area (Å²) in [6, 6.07) is 20.1. The number of aryl methyl sites for hydroxylation is 8. The molecule has 216 valence electrons. The molecular formula is C39H46F2. The molecule has 0 fully saturated rings. The van der Waals surface area contributed by atoms with Gasteiger partial charge in [-0.1, -0.05) is 68.5 Å². The molecule has 0 nitrogen and oxygen atoms in total. The second kappa shape index (κ2) is 14.1. The number of hydrogen-bond donors (Lipinski definition) is 0. The second-order valence-electron chi connectivity index (χ2n) is 12.1. The van der Waals surface area contributed by atoms with Crippen molar-refractivity contribution in [2.24, 2.45) is 0 Å². The molecule has 0 radical (unpaired) electrons. The zero-order valence-corrected chi connectivity index (χ0v) is 25.9. The molecule has 41 heavy (non-hydrogen) atoms. The average molecular weight is 553 g/mol. The maximum atomic E-state index is 13.7. The number of unbranched alkanes of at least 4 members (excludes halogenated alkanes) is 6. The van der Waals surface area contributed by atoms with Crippen molar-refractivity contribution in [3.8, 4) is 22.3 Å². The highest BCUT2D eigenvalue weighted by atomic mass is 19.1. The molecule has 0 aliphatic carbocycles. The minimum atomic E-state index is -0.143. The maximum Gasteiger partial charge on any atom is 0.126 e. The Morgan fingerprint density at radius 1 is 0.390 bits per heavy atom. The lowest BCUT2D eigenvalue weighted by atomic mass is 9.91. The van der Waals surface area contributed by atoms with E-state index in [2.05, 4.69) is 52.0 Å². The fraction of sp³-hybridized carbons (Fsp3) is 0.385. The van der Waals surface area contributed by atoms with Crippen LogP contribution in [0.15, 0.2) is 60.7 Å². The van der Waals surface area contributed by atoms with Gasteiger partial charge in [0.2, 0.25) is 0 Å². The first-order valence-electron chi connectivity index (χ1n) is 15.4. The molecule has 0 bridgehead atoms. The molecule has 0 aliphatic heterocycles. The van der Waals surface area contributed by atoms with Crippen LogP contribution in [0.3, 0.4) is 0 Å². The SMILES string of the molecule is Cc1cc(-c2c(C)cc(CCCCCCCCCc3cc(C)c(-c4ccc(F)c(C)c4)c(C)c3)cc2C)ccc1F. The van der Waals surface area contributed by atoms with E-state index in [0.29, 0.717) is 11.1 Å². The van der Waals surface area contributed by atoms with Crippen LogP contribution >= 0.6 is 0 Å². The first kappa shape index (κ1) is 30.7. The molecule has 0 N–H and O–H groups in total. The van der Waals surface area contributed by atoms with Crippen molar-refractivity contribution in [3.05, 3.63) is 117 Å². The molecule has 0 atom stereocenters. The van der Waals surface area contributed by atoms with Gasteiger partial charge in [-0.25, -0.2) is 8.78 Å². The standard InChI is InChI=1S/C39H46F2/c1-26-24-34(16-18-36(26)40)38-28(3)20-32(21-29(38)4)14-12-10-8-7-9-11-13-15-33-22-30(5)39(31(6)23-33)35-17-19-37(41)27(2)25-35/h16-25H,7-15H2,1-6H3. The van der Waals surface area contributed by atoms with Crippen LogP contribution in [0.4, 0.5) is 8.78 Å². The topological polar surface area (TPSA) is 0 Å². The van der Waals surface area contributed by atoms with Crippen LogP contribution in [-0.4, -0.2) is 0 Å². The largest absolute Gasteiger partial charge is 0.207 e. The number of halogens is 2. The highest BCUT2D eigenvalue weighted by Crippen LogP contribution is 2.31. The van der Waals surface area contributed by atoms with Gasteiger partial charge in [0, 0.05) is 0 Å². The molecule has 0 unspecified atom stereocenters. The fourth-order valence-corrected chi connectivity index (χ4v) is 6.45. The van der Waals surface area contributed by atoms with Crippen molar-refractivity contribution >= 4 is 0 Å². The van der Waals surface area contributed by atoms with Crippen LogP contribution in [0.5, 0.6) is 0 Å². The Hall–Kier alpha value is -3.26. The van der Waals surface area contributed by atoms with E-state index in [1.807, 2.05) is 38.1 Å². The van der Waals surface area contributed by atoms with E-state index in [-0.39, 0.29) is 11.6 Å². The zero-order chi connectivity index (χ0) is 29.5. The van der Waals surface area contributed by atoms with Crippen molar-refractivity contribution < 1.29 is 8.78 Å². The lowest BCUT2D eigenvalue weighted by Gasteiger charge is -2.14. The fourth-order valence-electron chi connectivity index (χ4n) is 6.45. The van der Waals surface area contributed by atoms with Crippen molar-refractivity contribution in [2.45, 2.75) is 99.3 Å². The molecule has 0 saturated carbocycles. The van der Waals surface area contributed by atoms with E-state index in [1.165, 1.54) is 89.5 Å². The summed E-state index contributed by atoms with van der Waals surface area (Å²) in [5.41, 5.74) is 14.0. The monoisotopic (exact) mass is 552 g/mol. The van der Waals surface area contributed by atoms with Gasteiger partial charge in [-0.2, -0.15) is 0 Å².